The molecule has 0 saturated heterocycles. The van der Waals surface area contributed by atoms with Gasteiger partial charge in [-0.1, -0.05) is 30.1 Å². The molecule has 1 heterocycles. The van der Waals surface area contributed by atoms with Crippen molar-refractivity contribution < 1.29 is 18.3 Å². The zero-order valence-electron chi connectivity index (χ0n) is 15.8. The van der Waals surface area contributed by atoms with E-state index in [1.165, 1.54) is 6.20 Å². The van der Waals surface area contributed by atoms with Crippen LogP contribution in [0.15, 0.2) is 42.6 Å². The molecule has 0 N–H and O–H groups in total. The first-order chi connectivity index (χ1) is 13.9. The van der Waals surface area contributed by atoms with Crippen LogP contribution in [0.4, 0.5) is 0 Å². The number of rotatable bonds is 9. The van der Waals surface area contributed by atoms with E-state index in [0.717, 1.165) is 17.8 Å². The van der Waals surface area contributed by atoms with Crippen LogP contribution in [-0.2, 0) is 9.09 Å². The Hall–Kier alpha value is -1.50. The minimum atomic E-state index is -3.39. The molecule has 0 radical (unpaired) electrons. The van der Waals surface area contributed by atoms with E-state index in [-0.39, 0.29) is 12.4 Å². The Morgan fingerprint density at radius 2 is 1.93 bits per heavy atom. The molecule has 0 aliphatic rings. The highest BCUT2D eigenvalue weighted by Gasteiger charge is 2.27. The molecule has 1 atom stereocenters. The van der Waals surface area contributed by atoms with Gasteiger partial charge in [-0.05, 0) is 55.1 Å². The van der Waals surface area contributed by atoms with Gasteiger partial charge in [0.15, 0.2) is 5.75 Å². The number of ether oxygens (including phenoxy) is 1. The van der Waals surface area contributed by atoms with E-state index in [0.29, 0.717) is 38.5 Å². The van der Waals surface area contributed by atoms with Crippen molar-refractivity contribution >= 4 is 52.4 Å². The topological polar surface area (TPSA) is 70.5 Å². The summed E-state index contributed by atoms with van der Waals surface area (Å²) in [6.45, 7) is 0.623. The van der Waals surface area contributed by atoms with Gasteiger partial charge in [0, 0.05) is 16.8 Å². The van der Waals surface area contributed by atoms with Crippen molar-refractivity contribution in [3.63, 3.8) is 0 Å². The average Bonchev–Trinajstić information content (AvgIpc) is 2.69. The summed E-state index contributed by atoms with van der Waals surface area (Å²) in [6, 6.07) is 10.0. The van der Waals surface area contributed by atoms with Crippen molar-refractivity contribution in [2.24, 2.45) is 0 Å². The highest BCUT2D eigenvalue weighted by atomic mass is 35.5. The zero-order valence-corrected chi connectivity index (χ0v) is 19.0. The van der Waals surface area contributed by atoms with Gasteiger partial charge in [-0.15, -0.1) is 0 Å². The number of hydrogen-bond donors (Lipinski definition) is 0. The summed E-state index contributed by atoms with van der Waals surface area (Å²) in [5.74, 6) is 1.56. The summed E-state index contributed by atoms with van der Waals surface area (Å²) in [7, 11) is 0. The molecule has 0 amide bonds. The zero-order chi connectivity index (χ0) is 20.9. The van der Waals surface area contributed by atoms with Crippen molar-refractivity contribution in [1.82, 2.24) is 9.97 Å². The van der Waals surface area contributed by atoms with Gasteiger partial charge in [-0.3, -0.25) is 4.52 Å². The lowest BCUT2D eigenvalue weighted by molar-refractivity contribution is 0.296. The van der Waals surface area contributed by atoms with Crippen LogP contribution in [0.1, 0.15) is 20.3 Å². The Labute approximate surface area is 183 Å². The minimum absolute atomic E-state index is 0.213. The molecule has 1 aromatic heterocycles. The summed E-state index contributed by atoms with van der Waals surface area (Å²) < 4.78 is 29.7. The van der Waals surface area contributed by atoms with Crippen LogP contribution >= 0.6 is 41.4 Å². The molecular weight excluding hydrogens is 454 g/mol. The van der Waals surface area contributed by atoms with Gasteiger partial charge >= 0.3 is 6.80 Å². The van der Waals surface area contributed by atoms with Gasteiger partial charge < -0.3 is 9.26 Å². The van der Waals surface area contributed by atoms with E-state index in [1.54, 1.807) is 43.3 Å². The predicted molar refractivity (Wildman–Crippen MR) is 119 cm³/mol. The molecular formula is C19H19Cl2N2O4PS. The first-order valence-electron chi connectivity index (χ1n) is 8.91. The quantitative estimate of drug-likeness (QED) is 0.300. The monoisotopic (exact) mass is 472 g/mol. The predicted octanol–water partition coefficient (Wildman–Crippen LogP) is 7.40. The minimum Gasteiger partial charge on any atom is -0.437 e. The van der Waals surface area contributed by atoms with E-state index in [9.17, 15) is 4.57 Å². The van der Waals surface area contributed by atoms with E-state index in [1.807, 2.05) is 6.92 Å². The van der Waals surface area contributed by atoms with Crippen LogP contribution < -0.4 is 9.26 Å². The smallest absolute Gasteiger partial charge is 0.437 e. The summed E-state index contributed by atoms with van der Waals surface area (Å²) in [5, 5.41) is 0.883. The van der Waals surface area contributed by atoms with Gasteiger partial charge in [-0.2, -0.15) is 0 Å². The summed E-state index contributed by atoms with van der Waals surface area (Å²) >= 11 is 13.3. The molecule has 0 saturated carbocycles. The maximum absolute atomic E-state index is 12.9. The number of benzene rings is 2. The summed E-state index contributed by atoms with van der Waals surface area (Å²) in [4.78, 5) is 8.71. The fourth-order valence-corrected chi connectivity index (χ4v) is 6.15. The number of aromatic nitrogens is 2. The lowest BCUT2D eigenvalue weighted by Crippen LogP contribution is -1.97. The van der Waals surface area contributed by atoms with Crippen molar-refractivity contribution in [2.45, 2.75) is 20.3 Å². The molecule has 0 spiro atoms. The van der Waals surface area contributed by atoms with Crippen LogP contribution in [-0.4, -0.2) is 22.3 Å². The van der Waals surface area contributed by atoms with Crippen LogP contribution in [0.5, 0.6) is 17.4 Å². The number of hydrogen-bond acceptors (Lipinski definition) is 7. The van der Waals surface area contributed by atoms with E-state index in [2.05, 4.69) is 9.97 Å². The average molecular weight is 473 g/mol. The molecule has 154 valence electrons. The molecule has 0 bridgehead atoms. The van der Waals surface area contributed by atoms with E-state index >= 15 is 0 Å². The Morgan fingerprint density at radius 3 is 2.69 bits per heavy atom. The molecule has 2 aromatic carbocycles. The van der Waals surface area contributed by atoms with Crippen molar-refractivity contribution in [3.8, 4) is 17.4 Å². The Bertz CT molecular complexity index is 1050. The first-order valence-corrected chi connectivity index (χ1v) is 12.8. The number of nitrogens with zero attached hydrogens (tertiary/aromatic N) is 2. The number of halogens is 2. The Kier molecular flexibility index (Phi) is 7.66. The van der Waals surface area contributed by atoms with Gasteiger partial charge in [0.2, 0.25) is 5.88 Å². The molecule has 0 aliphatic carbocycles. The van der Waals surface area contributed by atoms with Gasteiger partial charge in [0.25, 0.3) is 0 Å². The SMILES string of the molecule is CCCSP(=O)(OCC)Oc1cc(Oc2cnc3cc(Cl)ccc3n2)ccc1Cl. The van der Waals surface area contributed by atoms with Gasteiger partial charge in [0.05, 0.1) is 28.9 Å². The lowest BCUT2D eigenvalue weighted by Gasteiger charge is -2.18. The highest BCUT2D eigenvalue weighted by molar-refractivity contribution is 8.55. The van der Waals surface area contributed by atoms with Crippen molar-refractivity contribution in [1.29, 1.82) is 0 Å². The summed E-state index contributed by atoms with van der Waals surface area (Å²) in [6.07, 6.45) is 2.34. The van der Waals surface area contributed by atoms with Crippen molar-refractivity contribution in [2.75, 3.05) is 12.4 Å². The second-order valence-corrected chi connectivity index (χ2v) is 10.8. The largest absolute Gasteiger partial charge is 0.440 e. The molecule has 3 aromatic rings. The fraction of sp³-hybridized carbons (Fsp3) is 0.263. The standard InChI is InChI=1S/C19H19Cl2N2O4PS/c1-3-9-29-28(24,25-4-2)27-18-11-14(6-7-15(18)21)26-19-12-22-17-10-13(20)5-8-16(17)23-19/h5-8,10-12H,3-4,9H2,1-2H3. The van der Waals surface area contributed by atoms with Gasteiger partial charge in [-0.25, -0.2) is 14.5 Å². The van der Waals surface area contributed by atoms with E-state index in [4.69, 9.17) is 37.0 Å². The van der Waals surface area contributed by atoms with Crippen LogP contribution in [0, 0.1) is 0 Å². The highest BCUT2D eigenvalue weighted by Crippen LogP contribution is 2.61. The Balaban J connectivity index is 1.83. The Morgan fingerprint density at radius 1 is 1.10 bits per heavy atom. The molecule has 10 heteroatoms. The van der Waals surface area contributed by atoms with Gasteiger partial charge in [0.1, 0.15) is 5.75 Å². The van der Waals surface area contributed by atoms with Crippen LogP contribution in [0.2, 0.25) is 10.0 Å². The van der Waals surface area contributed by atoms with Crippen molar-refractivity contribution in [3.05, 3.63) is 52.6 Å². The molecule has 0 fully saturated rings. The third-order valence-corrected chi connectivity index (χ3v) is 8.04. The maximum atomic E-state index is 12.9. The lowest BCUT2D eigenvalue weighted by atomic mass is 10.3. The molecule has 1 unspecified atom stereocenters. The van der Waals surface area contributed by atoms with E-state index < -0.39 is 6.80 Å². The summed E-state index contributed by atoms with van der Waals surface area (Å²) in [5.41, 5.74) is 1.31. The third-order valence-electron chi connectivity index (χ3n) is 3.56. The normalized spacial score (nSPS) is 13.2. The molecule has 3 rings (SSSR count). The second kappa shape index (κ2) is 10.0. The fourth-order valence-electron chi connectivity index (χ4n) is 2.33. The number of fused-ring (bicyclic) bond motifs is 1. The molecule has 6 nitrogen and oxygen atoms in total. The third kappa shape index (κ3) is 6.00. The maximum Gasteiger partial charge on any atom is 0.440 e. The second-order valence-electron chi connectivity index (χ2n) is 5.83. The van der Waals surface area contributed by atoms with Crippen LogP contribution in [0.3, 0.4) is 0 Å². The molecule has 0 aliphatic heterocycles. The van der Waals surface area contributed by atoms with Crippen LogP contribution in [0.25, 0.3) is 11.0 Å². The molecule has 29 heavy (non-hydrogen) atoms. The first kappa shape index (κ1) is 22.2.